The smallest absolute Gasteiger partial charge is 0.315 e. The minimum Gasteiger partial charge on any atom is -0.354 e. The molecule has 3 N–H and O–H groups in total. The molecule has 1 saturated heterocycles. The number of carbonyl (C=O) groups excluding carboxylic acids is 3. The number of anilines is 1. The van der Waals surface area contributed by atoms with Crippen LogP contribution < -0.4 is 20.9 Å². The molecule has 8 heteroatoms. The second-order valence-corrected chi connectivity index (χ2v) is 7.08. The van der Waals surface area contributed by atoms with E-state index in [-0.39, 0.29) is 43.2 Å². The zero-order valence-electron chi connectivity index (χ0n) is 16.6. The fourth-order valence-electron chi connectivity index (χ4n) is 3.27. The van der Waals surface area contributed by atoms with Crippen LogP contribution in [0.1, 0.15) is 24.0 Å². The molecule has 7 nitrogen and oxygen atoms in total. The van der Waals surface area contributed by atoms with Crippen LogP contribution in [-0.4, -0.2) is 37.5 Å². The first-order chi connectivity index (χ1) is 14.5. The molecule has 30 heavy (non-hydrogen) atoms. The molecular weight excluding hydrogens is 387 g/mol. The zero-order chi connectivity index (χ0) is 21.3. The Balaban J connectivity index is 1.34. The maximum absolute atomic E-state index is 13.1. The Morgan fingerprint density at radius 2 is 1.73 bits per heavy atom. The lowest BCUT2D eigenvalue weighted by atomic mass is 10.1. The van der Waals surface area contributed by atoms with Crippen LogP contribution in [0.4, 0.5) is 14.9 Å². The Labute approximate surface area is 174 Å². The monoisotopic (exact) mass is 412 g/mol. The van der Waals surface area contributed by atoms with Crippen molar-refractivity contribution in [1.29, 1.82) is 0 Å². The standard InChI is InChI=1S/C22H25FN4O3/c23-18-6-1-4-16(12-18)14-20(28)24-9-10-25-22(30)26-15-17-5-2-7-19(13-17)27-11-3-8-21(27)29/h1-2,4-7,12-13H,3,8-11,14-15H2,(H,24,28)(H2,25,26,30). The molecule has 1 aliphatic rings. The van der Waals surface area contributed by atoms with Gasteiger partial charge in [0.15, 0.2) is 0 Å². The van der Waals surface area contributed by atoms with E-state index in [1.54, 1.807) is 17.0 Å². The lowest BCUT2D eigenvalue weighted by molar-refractivity contribution is -0.120. The van der Waals surface area contributed by atoms with Gasteiger partial charge < -0.3 is 20.9 Å². The number of hydrogen-bond acceptors (Lipinski definition) is 3. The summed E-state index contributed by atoms with van der Waals surface area (Å²) in [5.74, 6) is -0.496. The highest BCUT2D eigenvalue weighted by Gasteiger charge is 2.21. The lowest BCUT2D eigenvalue weighted by Gasteiger charge is -2.16. The van der Waals surface area contributed by atoms with E-state index >= 15 is 0 Å². The summed E-state index contributed by atoms with van der Waals surface area (Å²) in [6, 6.07) is 13.1. The topological polar surface area (TPSA) is 90.5 Å². The van der Waals surface area contributed by atoms with Crippen LogP contribution in [0.15, 0.2) is 48.5 Å². The van der Waals surface area contributed by atoms with Crippen molar-refractivity contribution in [1.82, 2.24) is 16.0 Å². The molecule has 0 aromatic heterocycles. The van der Waals surface area contributed by atoms with Crippen LogP contribution in [0.2, 0.25) is 0 Å². The molecule has 0 unspecified atom stereocenters. The number of rotatable bonds is 8. The van der Waals surface area contributed by atoms with Crippen molar-refractivity contribution in [2.45, 2.75) is 25.8 Å². The summed E-state index contributed by atoms with van der Waals surface area (Å²) in [6.45, 7) is 1.59. The number of halogens is 1. The number of nitrogens with zero attached hydrogens (tertiary/aromatic N) is 1. The summed E-state index contributed by atoms with van der Waals surface area (Å²) in [4.78, 5) is 37.4. The van der Waals surface area contributed by atoms with E-state index in [9.17, 15) is 18.8 Å². The molecule has 3 rings (SSSR count). The average Bonchev–Trinajstić information content (AvgIpc) is 3.16. The fraction of sp³-hybridized carbons (Fsp3) is 0.318. The number of benzene rings is 2. The minimum atomic E-state index is -0.379. The first-order valence-electron chi connectivity index (χ1n) is 9.93. The third-order valence-corrected chi connectivity index (χ3v) is 4.74. The second-order valence-electron chi connectivity index (χ2n) is 7.08. The summed E-state index contributed by atoms with van der Waals surface area (Å²) in [6.07, 6.45) is 1.52. The van der Waals surface area contributed by atoms with Gasteiger partial charge in [0, 0.05) is 38.3 Å². The van der Waals surface area contributed by atoms with Crippen LogP contribution in [0, 0.1) is 5.82 Å². The van der Waals surface area contributed by atoms with Gasteiger partial charge in [-0.2, -0.15) is 0 Å². The summed E-state index contributed by atoms with van der Waals surface area (Å²) in [5, 5.41) is 8.10. The van der Waals surface area contributed by atoms with Crippen LogP contribution in [0.3, 0.4) is 0 Å². The number of urea groups is 1. The first kappa shape index (κ1) is 21.3. The number of amides is 4. The largest absolute Gasteiger partial charge is 0.354 e. The highest BCUT2D eigenvalue weighted by atomic mass is 19.1. The molecule has 2 aromatic rings. The van der Waals surface area contributed by atoms with Gasteiger partial charge in [-0.05, 0) is 41.8 Å². The predicted molar refractivity (Wildman–Crippen MR) is 111 cm³/mol. The highest BCUT2D eigenvalue weighted by Crippen LogP contribution is 2.22. The lowest BCUT2D eigenvalue weighted by Crippen LogP contribution is -2.40. The van der Waals surface area contributed by atoms with E-state index < -0.39 is 0 Å². The minimum absolute atomic E-state index is 0.0832. The molecule has 1 heterocycles. The highest BCUT2D eigenvalue weighted by molar-refractivity contribution is 5.95. The van der Waals surface area contributed by atoms with Crippen LogP contribution in [-0.2, 0) is 22.6 Å². The predicted octanol–water partition coefficient (Wildman–Crippen LogP) is 2.11. The normalized spacial score (nSPS) is 13.2. The molecule has 0 atom stereocenters. The van der Waals surface area contributed by atoms with Crippen molar-refractivity contribution in [2.75, 3.05) is 24.5 Å². The van der Waals surface area contributed by atoms with Gasteiger partial charge in [0.25, 0.3) is 0 Å². The van der Waals surface area contributed by atoms with Gasteiger partial charge in [-0.25, -0.2) is 9.18 Å². The molecule has 0 radical (unpaired) electrons. The van der Waals surface area contributed by atoms with Crippen molar-refractivity contribution in [3.8, 4) is 0 Å². The Bertz CT molecular complexity index is 919. The third-order valence-electron chi connectivity index (χ3n) is 4.74. The third kappa shape index (κ3) is 6.30. The van der Waals surface area contributed by atoms with Gasteiger partial charge >= 0.3 is 6.03 Å². The van der Waals surface area contributed by atoms with Crippen molar-refractivity contribution in [3.05, 3.63) is 65.5 Å². The van der Waals surface area contributed by atoms with Gasteiger partial charge in [0.1, 0.15) is 5.82 Å². The maximum Gasteiger partial charge on any atom is 0.315 e. The molecule has 4 amide bonds. The van der Waals surface area contributed by atoms with Crippen molar-refractivity contribution in [2.24, 2.45) is 0 Å². The molecule has 0 bridgehead atoms. The fourth-order valence-corrected chi connectivity index (χ4v) is 3.27. The van der Waals surface area contributed by atoms with Crippen molar-refractivity contribution in [3.63, 3.8) is 0 Å². The van der Waals surface area contributed by atoms with E-state index in [0.717, 1.165) is 24.2 Å². The van der Waals surface area contributed by atoms with E-state index in [1.807, 2.05) is 24.3 Å². The number of nitrogens with one attached hydrogen (secondary N) is 3. The Morgan fingerprint density at radius 3 is 2.50 bits per heavy atom. The second kappa shape index (κ2) is 10.4. The molecule has 1 fully saturated rings. The van der Waals surface area contributed by atoms with E-state index in [4.69, 9.17) is 0 Å². The van der Waals surface area contributed by atoms with Crippen LogP contribution >= 0.6 is 0 Å². The Hall–Kier alpha value is -3.42. The average molecular weight is 412 g/mol. The number of carbonyl (C=O) groups is 3. The van der Waals surface area contributed by atoms with Crippen molar-refractivity contribution >= 4 is 23.5 Å². The van der Waals surface area contributed by atoms with Gasteiger partial charge in [-0.3, -0.25) is 9.59 Å². The summed E-state index contributed by atoms with van der Waals surface area (Å²) < 4.78 is 13.1. The summed E-state index contributed by atoms with van der Waals surface area (Å²) in [5.41, 5.74) is 2.33. The molecular formula is C22H25FN4O3. The van der Waals surface area contributed by atoms with E-state index in [0.29, 0.717) is 18.5 Å². The summed E-state index contributed by atoms with van der Waals surface area (Å²) in [7, 11) is 0. The van der Waals surface area contributed by atoms with E-state index in [1.165, 1.54) is 12.1 Å². The quantitative estimate of drug-likeness (QED) is 0.580. The Morgan fingerprint density at radius 1 is 0.967 bits per heavy atom. The van der Waals surface area contributed by atoms with Crippen LogP contribution in [0.5, 0.6) is 0 Å². The SMILES string of the molecule is O=C(Cc1cccc(F)c1)NCCNC(=O)NCc1cccc(N2CCCC2=O)c1. The van der Waals surface area contributed by atoms with Crippen LogP contribution in [0.25, 0.3) is 0 Å². The van der Waals surface area contributed by atoms with Crippen molar-refractivity contribution < 1.29 is 18.8 Å². The van der Waals surface area contributed by atoms with Gasteiger partial charge in [0.05, 0.1) is 6.42 Å². The van der Waals surface area contributed by atoms with E-state index in [2.05, 4.69) is 16.0 Å². The zero-order valence-corrected chi connectivity index (χ0v) is 16.6. The molecule has 0 spiro atoms. The first-order valence-corrected chi connectivity index (χ1v) is 9.93. The van der Waals surface area contributed by atoms with Gasteiger partial charge in [0.2, 0.25) is 11.8 Å². The maximum atomic E-state index is 13.1. The molecule has 0 aliphatic carbocycles. The van der Waals surface area contributed by atoms with Gasteiger partial charge in [-0.1, -0.05) is 24.3 Å². The molecule has 158 valence electrons. The number of hydrogen-bond donors (Lipinski definition) is 3. The van der Waals surface area contributed by atoms with Gasteiger partial charge in [-0.15, -0.1) is 0 Å². The summed E-state index contributed by atoms with van der Waals surface area (Å²) >= 11 is 0. The molecule has 0 saturated carbocycles. The Kier molecular flexibility index (Phi) is 7.37. The molecule has 1 aliphatic heterocycles. The molecule has 2 aromatic carbocycles.